The zero-order valence-corrected chi connectivity index (χ0v) is 6.42. The van der Waals surface area contributed by atoms with E-state index in [1.165, 1.54) is 0 Å². The lowest BCUT2D eigenvalue weighted by Crippen LogP contribution is -2.33. The summed E-state index contributed by atoms with van der Waals surface area (Å²) in [6.07, 6.45) is 1.98. The summed E-state index contributed by atoms with van der Waals surface area (Å²) in [4.78, 5) is 12.8. The van der Waals surface area contributed by atoms with Gasteiger partial charge in [0.2, 0.25) is 5.91 Å². The van der Waals surface area contributed by atoms with Gasteiger partial charge in [-0.25, -0.2) is 0 Å². The summed E-state index contributed by atoms with van der Waals surface area (Å²) in [6, 6.07) is 1.94. The average molecular weight is 151 g/mol. The highest BCUT2D eigenvalue weighted by Crippen LogP contribution is 2.16. The minimum Gasteiger partial charge on any atom is -0.339 e. The maximum absolute atomic E-state index is 11.1. The van der Waals surface area contributed by atoms with Crippen LogP contribution in [0.25, 0.3) is 0 Å². The van der Waals surface area contributed by atoms with E-state index in [0.29, 0.717) is 0 Å². The van der Waals surface area contributed by atoms with Gasteiger partial charge in [0, 0.05) is 12.6 Å². The van der Waals surface area contributed by atoms with Crippen LogP contribution in [0.4, 0.5) is 0 Å². The van der Waals surface area contributed by atoms with Crippen LogP contribution in [0, 0.1) is 18.3 Å². The monoisotopic (exact) mass is 151 g/mol. The Morgan fingerprint density at radius 1 is 1.82 bits per heavy atom. The van der Waals surface area contributed by atoms with E-state index >= 15 is 0 Å². The molecule has 1 aliphatic heterocycles. The number of nitriles is 1. The number of hydrogen-bond donors (Lipinski definition) is 0. The summed E-state index contributed by atoms with van der Waals surface area (Å²) in [5, 5.41) is 8.27. The van der Waals surface area contributed by atoms with Gasteiger partial charge >= 0.3 is 0 Å². The van der Waals surface area contributed by atoms with E-state index in [9.17, 15) is 4.79 Å². The first-order valence-corrected chi connectivity index (χ1v) is 3.75. The van der Waals surface area contributed by atoms with Crippen LogP contribution in [-0.4, -0.2) is 23.4 Å². The van der Waals surface area contributed by atoms with Crippen LogP contribution in [0.15, 0.2) is 0 Å². The lowest BCUT2D eigenvalue weighted by atomic mass is 10.2. The molecule has 11 heavy (non-hydrogen) atoms. The molecule has 0 saturated carbocycles. The van der Waals surface area contributed by atoms with Crippen LogP contribution in [-0.2, 0) is 4.79 Å². The normalized spacial score (nSPS) is 23.3. The number of likely N-dealkylation sites (tertiary alicyclic amines) is 1. The fourth-order valence-corrected chi connectivity index (χ4v) is 1.33. The molecule has 0 N–H and O–H groups in total. The molecule has 1 aliphatic rings. The zero-order valence-electron chi connectivity index (χ0n) is 6.42. The Morgan fingerprint density at radius 2 is 2.55 bits per heavy atom. The van der Waals surface area contributed by atoms with Gasteiger partial charge < -0.3 is 4.90 Å². The molecular weight excluding hydrogens is 140 g/mol. The molecule has 1 saturated heterocycles. The standard InChI is InChI=1S/C8H11N2O/c1-7-3-2-6-10(7)8(11)4-5-9/h7H,1-4,6H2/t7-/m1/s1. The molecule has 1 fully saturated rings. The van der Waals surface area contributed by atoms with Crippen molar-refractivity contribution in [3.63, 3.8) is 0 Å². The highest BCUT2D eigenvalue weighted by Gasteiger charge is 2.24. The molecule has 1 rings (SSSR count). The molecule has 0 bridgehead atoms. The van der Waals surface area contributed by atoms with Gasteiger partial charge in [-0.2, -0.15) is 5.26 Å². The second kappa shape index (κ2) is 3.38. The molecule has 1 heterocycles. The predicted octanol–water partition coefficient (Wildman–Crippen LogP) is 0.725. The molecule has 3 heteroatoms. The average Bonchev–Trinajstić information content (AvgIpc) is 2.36. The van der Waals surface area contributed by atoms with Crippen molar-refractivity contribution in [1.82, 2.24) is 4.90 Å². The fourth-order valence-electron chi connectivity index (χ4n) is 1.33. The highest BCUT2D eigenvalue weighted by atomic mass is 16.2. The largest absolute Gasteiger partial charge is 0.339 e. The van der Waals surface area contributed by atoms with E-state index in [1.807, 2.05) is 6.07 Å². The number of rotatable bonds is 1. The Balaban J connectivity index is 2.47. The Hall–Kier alpha value is -1.04. The summed E-state index contributed by atoms with van der Waals surface area (Å²) in [7, 11) is 0. The fraction of sp³-hybridized carbons (Fsp3) is 0.625. The van der Waals surface area contributed by atoms with Crippen LogP contribution in [0.2, 0.25) is 0 Å². The summed E-state index contributed by atoms with van der Waals surface area (Å²) in [5.74, 6) is -0.0787. The van der Waals surface area contributed by atoms with Crippen molar-refractivity contribution < 1.29 is 4.79 Å². The third-order valence-electron chi connectivity index (χ3n) is 1.93. The third-order valence-corrected chi connectivity index (χ3v) is 1.93. The smallest absolute Gasteiger partial charge is 0.237 e. The molecular formula is C8H11N2O. The number of amides is 1. The van der Waals surface area contributed by atoms with Gasteiger partial charge in [-0.3, -0.25) is 4.79 Å². The van der Waals surface area contributed by atoms with E-state index in [4.69, 9.17) is 5.26 Å². The van der Waals surface area contributed by atoms with Gasteiger partial charge in [0.25, 0.3) is 0 Å². The first-order chi connectivity index (χ1) is 5.25. The van der Waals surface area contributed by atoms with Gasteiger partial charge in [-0.1, -0.05) is 0 Å². The van der Waals surface area contributed by atoms with Crippen molar-refractivity contribution in [2.45, 2.75) is 25.3 Å². The maximum Gasteiger partial charge on any atom is 0.237 e. The molecule has 3 nitrogen and oxygen atoms in total. The second-order valence-corrected chi connectivity index (χ2v) is 2.72. The first-order valence-electron chi connectivity index (χ1n) is 3.75. The number of carbonyl (C=O) groups is 1. The van der Waals surface area contributed by atoms with Crippen LogP contribution in [0.1, 0.15) is 19.3 Å². The first kappa shape index (κ1) is 8.06. The lowest BCUT2D eigenvalue weighted by Gasteiger charge is -2.19. The molecule has 0 aromatic carbocycles. The summed E-state index contributed by atoms with van der Waals surface area (Å²) >= 11 is 0. The quantitative estimate of drug-likeness (QED) is 0.554. The van der Waals surface area contributed by atoms with Crippen molar-refractivity contribution in [2.75, 3.05) is 6.54 Å². The summed E-state index contributed by atoms with van der Waals surface area (Å²) in [5.41, 5.74) is 0. The molecule has 1 amide bonds. The van der Waals surface area contributed by atoms with Gasteiger partial charge in [0.05, 0.1) is 6.07 Å². The van der Waals surface area contributed by atoms with Gasteiger partial charge in [-0.15, -0.1) is 0 Å². The van der Waals surface area contributed by atoms with Gasteiger partial charge in [0.1, 0.15) is 6.42 Å². The topological polar surface area (TPSA) is 44.1 Å². The molecule has 1 atom stereocenters. The summed E-state index contributed by atoms with van der Waals surface area (Å²) in [6.45, 7) is 4.59. The van der Waals surface area contributed by atoms with Crippen molar-refractivity contribution in [3.05, 3.63) is 6.92 Å². The van der Waals surface area contributed by atoms with Crippen LogP contribution >= 0.6 is 0 Å². The lowest BCUT2D eigenvalue weighted by molar-refractivity contribution is -0.130. The number of nitrogens with zero attached hydrogens (tertiary/aromatic N) is 2. The molecule has 0 aromatic heterocycles. The molecule has 0 spiro atoms. The summed E-state index contributed by atoms with van der Waals surface area (Å²) < 4.78 is 0. The molecule has 0 aromatic rings. The van der Waals surface area contributed by atoms with E-state index in [0.717, 1.165) is 19.4 Å². The maximum atomic E-state index is 11.1. The van der Waals surface area contributed by atoms with Crippen molar-refractivity contribution in [3.8, 4) is 6.07 Å². The second-order valence-electron chi connectivity index (χ2n) is 2.72. The van der Waals surface area contributed by atoms with Crippen LogP contribution < -0.4 is 0 Å². The third kappa shape index (κ3) is 1.70. The number of hydrogen-bond acceptors (Lipinski definition) is 2. The Labute approximate surface area is 66.6 Å². The Bertz CT molecular complexity index is 195. The van der Waals surface area contributed by atoms with E-state index < -0.39 is 0 Å². The Morgan fingerprint density at radius 3 is 3.00 bits per heavy atom. The van der Waals surface area contributed by atoms with E-state index in [1.54, 1.807) is 4.90 Å². The number of carbonyl (C=O) groups excluding carboxylic acids is 1. The Kier molecular flexibility index (Phi) is 2.48. The SMILES string of the molecule is [CH2][C@@H]1CCCN1C(=O)CC#N. The van der Waals surface area contributed by atoms with Gasteiger partial charge in [-0.05, 0) is 19.8 Å². The van der Waals surface area contributed by atoms with Gasteiger partial charge in [0.15, 0.2) is 0 Å². The molecule has 0 unspecified atom stereocenters. The zero-order chi connectivity index (χ0) is 8.27. The van der Waals surface area contributed by atoms with E-state index in [2.05, 4.69) is 6.92 Å². The highest BCUT2D eigenvalue weighted by molar-refractivity contribution is 5.78. The molecule has 1 radical (unpaired) electrons. The van der Waals surface area contributed by atoms with Crippen molar-refractivity contribution in [2.24, 2.45) is 0 Å². The van der Waals surface area contributed by atoms with Crippen molar-refractivity contribution in [1.29, 1.82) is 5.26 Å². The van der Waals surface area contributed by atoms with E-state index in [-0.39, 0.29) is 18.4 Å². The molecule has 0 aliphatic carbocycles. The van der Waals surface area contributed by atoms with Crippen LogP contribution in [0.5, 0.6) is 0 Å². The van der Waals surface area contributed by atoms with Crippen LogP contribution in [0.3, 0.4) is 0 Å². The molecule has 59 valence electrons. The minimum atomic E-state index is -0.0787. The predicted molar refractivity (Wildman–Crippen MR) is 40.3 cm³/mol. The minimum absolute atomic E-state index is 0.00792. The van der Waals surface area contributed by atoms with Crippen molar-refractivity contribution >= 4 is 5.91 Å².